The van der Waals surface area contributed by atoms with E-state index in [0.717, 1.165) is 5.56 Å². The van der Waals surface area contributed by atoms with Gasteiger partial charge >= 0.3 is 12.0 Å². The third-order valence-corrected chi connectivity index (χ3v) is 2.07. The summed E-state index contributed by atoms with van der Waals surface area (Å²) in [6, 6.07) is 9.25. The van der Waals surface area contributed by atoms with Crippen LogP contribution in [0.5, 0.6) is 0 Å². The van der Waals surface area contributed by atoms with E-state index in [1.165, 1.54) is 6.92 Å². The minimum Gasteiger partial charge on any atom is -0.477 e. The molecule has 0 unspecified atom stereocenters. The summed E-state index contributed by atoms with van der Waals surface area (Å²) in [5.41, 5.74) is 3.06. The van der Waals surface area contributed by atoms with Gasteiger partial charge in [-0.15, -0.1) is 5.10 Å². The molecule has 2 aromatic rings. The zero-order chi connectivity index (χ0) is 13.0. The monoisotopic (exact) mass is 246 g/mol. The number of aliphatic carboxylic acids is 1. The Labute approximate surface area is 102 Å². The molecule has 92 valence electrons. The van der Waals surface area contributed by atoms with Gasteiger partial charge in [-0.3, -0.25) is 0 Å². The van der Waals surface area contributed by atoms with Crippen LogP contribution in [0.25, 0.3) is 11.5 Å². The molecule has 0 aliphatic rings. The van der Waals surface area contributed by atoms with E-state index in [9.17, 15) is 4.79 Å². The van der Waals surface area contributed by atoms with E-state index in [-0.39, 0.29) is 11.7 Å². The van der Waals surface area contributed by atoms with Crippen molar-refractivity contribution in [3.8, 4) is 11.5 Å². The summed E-state index contributed by atoms with van der Waals surface area (Å²) in [6.45, 7) is 1.35. The molecule has 1 aromatic heterocycles. The van der Waals surface area contributed by atoms with Crippen molar-refractivity contribution in [2.45, 2.75) is 6.92 Å². The maximum Gasteiger partial charge on any atom is 0.351 e. The number of carboxylic acids is 1. The SMILES string of the molecule is C/C(=N\Nc1nnc(-c2ccccc2)o1)C(=O)O. The molecule has 0 radical (unpaired) electrons. The Morgan fingerprint density at radius 1 is 1.33 bits per heavy atom. The smallest absolute Gasteiger partial charge is 0.351 e. The highest BCUT2D eigenvalue weighted by Gasteiger charge is 2.08. The van der Waals surface area contributed by atoms with Crippen LogP contribution in [0.3, 0.4) is 0 Å². The molecule has 1 aromatic carbocycles. The summed E-state index contributed by atoms with van der Waals surface area (Å²) in [4.78, 5) is 10.5. The van der Waals surface area contributed by atoms with Crippen molar-refractivity contribution >= 4 is 17.7 Å². The topological polar surface area (TPSA) is 101 Å². The lowest BCUT2D eigenvalue weighted by Crippen LogP contribution is -2.10. The molecule has 0 aliphatic heterocycles. The first kappa shape index (κ1) is 11.8. The molecular formula is C11H10N4O3. The third kappa shape index (κ3) is 2.70. The molecule has 18 heavy (non-hydrogen) atoms. The van der Waals surface area contributed by atoms with Crippen molar-refractivity contribution in [2.75, 3.05) is 5.43 Å². The van der Waals surface area contributed by atoms with Gasteiger partial charge in [-0.2, -0.15) is 5.10 Å². The highest BCUT2D eigenvalue weighted by atomic mass is 16.4. The van der Waals surface area contributed by atoms with Gasteiger partial charge in [0.15, 0.2) is 0 Å². The van der Waals surface area contributed by atoms with Gasteiger partial charge in [0, 0.05) is 5.56 Å². The van der Waals surface area contributed by atoms with Crippen molar-refractivity contribution in [1.82, 2.24) is 10.2 Å². The van der Waals surface area contributed by atoms with E-state index in [0.29, 0.717) is 5.89 Å². The predicted octanol–water partition coefficient (Wildman–Crippen LogP) is 1.61. The van der Waals surface area contributed by atoms with Crippen molar-refractivity contribution in [3.05, 3.63) is 30.3 Å². The fourth-order valence-electron chi connectivity index (χ4n) is 1.15. The maximum atomic E-state index is 10.5. The number of carboxylic acid groups (broad SMARTS) is 1. The van der Waals surface area contributed by atoms with Gasteiger partial charge in [0.2, 0.25) is 5.89 Å². The van der Waals surface area contributed by atoms with Crippen molar-refractivity contribution in [2.24, 2.45) is 5.10 Å². The van der Waals surface area contributed by atoms with Crippen LogP contribution in [-0.4, -0.2) is 27.0 Å². The van der Waals surface area contributed by atoms with E-state index in [4.69, 9.17) is 9.52 Å². The number of nitrogens with one attached hydrogen (secondary N) is 1. The molecule has 2 rings (SSSR count). The Bertz CT molecular complexity index is 577. The minimum absolute atomic E-state index is 0.0365. The van der Waals surface area contributed by atoms with Gasteiger partial charge in [0.05, 0.1) is 0 Å². The summed E-state index contributed by atoms with van der Waals surface area (Å²) < 4.78 is 5.27. The van der Waals surface area contributed by atoms with Gasteiger partial charge in [-0.05, 0) is 19.1 Å². The quantitative estimate of drug-likeness (QED) is 0.627. The molecule has 0 spiro atoms. The second-order valence-corrected chi connectivity index (χ2v) is 3.39. The average molecular weight is 246 g/mol. The largest absolute Gasteiger partial charge is 0.477 e. The van der Waals surface area contributed by atoms with Crippen molar-refractivity contribution < 1.29 is 14.3 Å². The van der Waals surface area contributed by atoms with Crippen LogP contribution in [-0.2, 0) is 4.79 Å². The number of hydrogen-bond acceptors (Lipinski definition) is 6. The first-order valence-corrected chi connectivity index (χ1v) is 5.09. The zero-order valence-corrected chi connectivity index (χ0v) is 9.49. The lowest BCUT2D eigenvalue weighted by Gasteiger charge is -1.94. The summed E-state index contributed by atoms with van der Waals surface area (Å²) in [7, 11) is 0. The number of hydrazone groups is 1. The fraction of sp³-hybridized carbons (Fsp3) is 0.0909. The second kappa shape index (κ2) is 5.09. The molecule has 0 amide bonds. The number of anilines is 1. The van der Waals surface area contributed by atoms with Gasteiger partial charge in [-0.1, -0.05) is 23.3 Å². The first-order valence-electron chi connectivity index (χ1n) is 5.09. The van der Waals surface area contributed by atoms with Crippen molar-refractivity contribution in [1.29, 1.82) is 0 Å². The lowest BCUT2D eigenvalue weighted by molar-refractivity contribution is -0.129. The molecule has 0 bridgehead atoms. The van der Waals surface area contributed by atoms with Crippen molar-refractivity contribution in [3.63, 3.8) is 0 Å². The molecule has 1 heterocycles. The average Bonchev–Trinajstić information content (AvgIpc) is 2.85. The number of nitrogens with zero attached hydrogens (tertiary/aromatic N) is 3. The van der Waals surface area contributed by atoms with Gasteiger partial charge in [0.25, 0.3) is 0 Å². The van der Waals surface area contributed by atoms with Crippen LogP contribution in [0.2, 0.25) is 0 Å². The predicted molar refractivity (Wildman–Crippen MR) is 64.1 cm³/mol. The zero-order valence-electron chi connectivity index (χ0n) is 9.49. The third-order valence-electron chi connectivity index (χ3n) is 2.07. The number of hydrogen-bond donors (Lipinski definition) is 2. The standard InChI is InChI=1S/C11H10N4O3/c1-7(10(16)17)12-14-11-15-13-9(18-11)8-5-3-2-4-6-8/h2-6H,1H3,(H,14,15)(H,16,17)/b12-7+. The Morgan fingerprint density at radius 2 is 2.06 bits per heavy atom. The Morgan fingerprint density at radius 3 is 2.72 bits per heavy atom. The molecule has 2 N–H and O–H groups in total. The highest BCUT2D eigenvalue weighted by molar-refractivity contribution is 6.34. The Kier molecular flexibility index (Phi) is 3.33. The van der Waals surface area contributed by atoms with E-state index in [1.807, 2.05) is 30.3 Å². The molecule has 0 atom stereocenters. The molecule has 7 nitrogen and oxygen atoms in total. The Hall–Kier alpha value is -2.70. The van der Waals surface area contributed by atoms with E-state index in [1.54, 1.807) is 0 Å². The number of aromatic nitrogens is 2. The lowest BCUT2D eigenvalue weighted by atomic mass is 10.2. The number of rotatable bonds is 4. The Balaban J connectivity index is 2.12. The van der Waals surface area contributed by atoms with E-state index in [2.05, 4.69) is 20.7 Å². The maximum absolute atomic E-state index is 10.5. The number of benzene rings is 1. The summed E-state index contributed by atoms with van der Waals surface area (Å²) in [5.74, 6) is -0.786. The highest BCUT2D eigenvalue weighted by Crippen LogP contribution is 2.18. The molecule has 0 aliphatic carbocycles. The van der Waals surface area contributed by atoms with Crippen LogP contribution in [0.15, 0.2) is 39.9 Å². The first-order chi connectivity index (χ1) is 8.66. The molecular weight excluding hydrogens is 236 g/mol. The summed E-state index contributed by atoms with van der Waals surface area (Å²) in [5, 5.41) is 19.7. The minimum atomic E-state index is -1.12. The number of carbonyl (C=O) groups is 1. The summed E-state index contributed by atoms with van der Waals surface area (Å²) in [6.07, 6.45) is 0. The molecule has 7 heteroatoms. The molecule has 0 fully saturated rings. The van der Waals surface area contributed by atoms with E-state index >= 15 is 0 Å². The van der Waals surface area contributed by atoms with Gasteiger partial charge < -0.3 is 9.52 Å². The van der Waals surface area contributed by atoms with Crippen LogP contribution in [0.4, 0.5) is 6.01 Å². The molecule has 0 saturated carbocycles. The summed E-state index contributed by atoms with van der Waals surface area (Å²) >= 11 is 0. The van der Waals surface area contributed by atoms with Crippen LogP contribution in [0, 0.1) is 0 Å². The van der Waals surface area contributed by atoms with Gasteiger partial charge in [0.1, 0.15) is 5.71 Å². The normalized spacial score (nSPS) is 11.3. The van der Waals surface area contributed by atoms with Crippen LogP contribution < -0.4 is 5.43 Å². The molecule has 0 saturated heterocycles. The van der Waals surface area contributed by atoms with Crippen LogP contribution >= 0.6 is 0 Å². The van der Waals surface area contributed by atoms with Crippen LogP contribution in [0.1, 0.15) is 6.92 Å². The fourth-order valence-corrected chi connectivity index (χ4v) is 1.15. The van der Waals surface area contributed by atoms with E-state index < -0.39 is 5.97 Å². The second-order valence-electron chi connectivity index (χ2n) is 3.39. The van der Waals surface area contributed by atoms with Gasteiger partial charge in [-0.25, -0.2) is 10.2 Å².